The number of carbonyl (C=O) groups is 1. The molecule has 5 heteroatoms. The van der Waals surface area contributed by atoms with Gasteiger partial charge in [0.2, 0.25) is 0 Å². The molecule has 0 saturated carbocycles. The van der Waals surface area contributed by atoms with Crippen molar-refractivity contribution in [2.75, 3.05) is 13.6 Å². The second kappa shape index (κ2) is 7.41. The summed E-state index contributed by atoms with van der Waals surface area (Å²) in [7, 11) is 1.90. The second-order valence-electron chi connectivity index (χ2n) is 4.85. The topological polar surface area (TPSA) is 20.3 Å². The van der Waals surface area contributed by atoms with Crippen molar-refractivity contribution in [3.8, 4) is 0 Å². The molecule has 0 radical (unpaired) electrons. The molecular formula is C16H14BrCl2NO. The lowest BCUT2D eigenvalue weighted by Crippen LogP contribution is -2.25. The zero-order valence-corrected chi connectivity index (χ0v) is 14.5. The number of likely N-dealkylation sites (N-methyl/N-ethyl adjacent to an activating group) is 1. The lowest BCUT2D eigenvalue weighted by atomic mass is 10.1. The Balaban J connectivity index is 2.01. The van der Waals surface area contributed by atoms with E-state index in [0.29, 0.717) is 22.2 Å². The summed E-state index contributed by atoms with van der Waals surface area (Å²) in [4.78, 5) is 14.2. The maximum absolute atomic E-state index is 12.3. The Hall–Kier alpha value is -0.870. The highest BCUT2D eigenvalue weighted by Crippen LogP contribution is 2.21. The fourth-order valence-corrected chi connectivity index (χ4v) is 2.66. The van der Waals surface area contributed by atoms with Crippen LogP contribution >= 0.6 is 39.1 Å². The highest BCUT2D eigenvalue weighted by Gasteiger charge is 2.13. The van der Waals surface area contributed by atoms with Crippen molar-refractivity contribution < 1.29 is 4.79 Å². The van der Waals surface area contributed by atoms with Crippen molar-refractivity contribution in [2.45, 2.75) is 6.54 Å². The first-order valence-electron chi connectivity index (χ1n) is 6.37. The number of benzene rings is 2. The van der Waals surface area contributed by atoms with Gasteiger partial charge in [-0.1, -0.05) is 51.3 Å². The number of hydrogen-bond donors (Lipinski definition) is 0. The van der Waals surface area contributed by atoms with Gasteiger partial charge in [-0.25, -0.2) is 0 Å². The van der Waals surface area contributed by atoms with Crippen molar-refractivity contribution in [3.63, 3.8) is 0 Å². The highest BCUT2D eigenvalue weighted by atomic mass is 79.9. The molecule has 0 N–H and O–H groups in total. The molecule has 110 valence electrons. The summed E-state index contributed by atoms with van der Waals surface area (Å²) in [5.41, 5.74) is 1.61. The van der Waals surface area contributed by atoms with Crippen LogP contribution in [0.3, 0.4) is 0 Å². The highest BCUT2D eigenvalue weighted by molar-refractivity contribution is 9.10. The molecule has 21 heavy (non-hydrogen) atoms. The molecule has 2 nitrogen and oxygen atoms in total. The van der Waals surface area contributed by atoms with Crippen LogP contribution in [0.2, 0.25) is 10.0 Å². The second-order valence-corrected chi connectivity index (χ2v) is 6.61. The number of hydrogen-bond acceptors (Lipinski definition) is 2. The Bertz CT molecular complexity index is 643. The van der Waals surface area contributed by atoms with Crippen molar-refractivity contribution in [1.29, 1.82) is 0 Å². The van der Waals surface area contributed by atoms with Gasteiger partial charge in [0.15, 0.2) is 5.78 Å². The van der Waals surface area contributed by atoms with Crippen molar-refractivity contribution in [3.05, 3.63) is 68.1 Å². The van der Waals surface area contributed by atoms with Gasteiger partial charge >= 0.3 is 0 Å². The Morgan fingerprint density at radius 3 is 2.48 bits per heavy atom. The Morgan fingerprint density at radius 1 is 1.14 bits per heavy atom. The molecule has 0 aliphatic heterocycles. The van der Waals surface area contributed by atoms with Crippen LogP contribution in [0.4, 0.5) is 0 Å². The molecule has 0 aliphatic carbocycles. The minimum absolute atomic E-state index is 0.0397. The van der Waals surface area contributed by atoms with Crippen LogP contribution in [-0.2, 0) is 6.54 Å². The van der Waals surface area contributed by atoms with Crippen LogP contribution in [0.5, 0.6) is 0 Å². The van der Waals surface area contributed by atoms with E-state index in [4.69, 9.17) is 23.2 Å². The summed E-state index contributed by atoms with van der Waals surface area (Å²) in [5, 5.41) is 0.944. The third-order valence-corrected chi connectivity index (χ3v) is 4.10. The summed E-state index contributed by atoms with van der Waals surface area (Å²) in [6.07, 6.45) is 0. The first kappa shape index (κ1) is 16.5. The minimum atomic E-state index is -0.0397. The van der Waals surface area contributed by atoms with E-state index in [0.717, 1.165) is 10.0 Å². The molecule has 0 atom stereocenters. The third kappa shape index (κ3) is 4.82. The molecule has 0 saturated heterocycles. The average Bonchev–Trinajstić information content (AvgIpc) is 2.44. The van der Waals surface area contributed by atoms with Gasteiger partial charge < -0.3 is 0 Å². The minimum Gasteiger partial charge on any atom is -0.295 e. The third-order valence-electron chi connectivity index (χ3n) is 3.01. The maximum Gasteiger partial charge on any atom is 0.178 e. The van der Waals surface area contributed by atoms with E-state index in [2.05, 4.69) is 15.9 Å². The predicted molar refractivity (Wildman–Crippen MR) is 91.3 cm³/mol. The average molecular weight is 387 g/mol. The fraction of sp³-hybridized carbons (Fsp3) is 0.188. The van der Waals surface area contributed by atoms with E-state index in [1.165, 1.54) is 0 Å². The number of ketones is 1. The number of carbonyl (C=O) groups excluding carboxylic acids is 1. The van der Waals surface area contributed by atoms with Crippen LogP contribution in [0.15, 0.2) is 46.9 Å². The van der Waals surface area contributed by atoms with Crippen LogP contribution in [0.25, 0.3) is 0 Å². The van der Waals surface area contributed by atoms with Gasteiger partial charge in [0.25, 0.3) is 0 Å². The summed E-state index contributed by atoms with van der Waals surface area (Å²) in [5.74, 6) is -0.0397. The normalized spacial score (nSPS) is 10.9. The van der Waals surface area contributed by atoms with Gasteiger partial charge in [0.05, 0.1) is 11.6 Å². The lowest BCUT2D eigenvalue weighted by molar-refractivity contribution is 0.0943. The van der Waals surface area contributed by atoms with E-state index in [-0.39, 0.29) is 12.3 Å². The molecular weight excluding hydrogens is 373 g/mol. The molecule has 0 aromatic heterocycles. The van der Waals surface area contributed by atoms with E-state index < -0.39 is 0 Å². The largest absolute Gasteiger partial charge is 0.295 e. The zero-order chi connectivity index (χ0) is 15.4. The van der Waals surface area contributed by atoms with E-state index in [9.17, 15) is 4.79 Å². The van der Waals surface area contributed by atoms with Crippen LogP contribution < -0.4 is 0 Å². The standard InChI is InChI=1S/C16H14BrCl2NO/c1-20(9-11-2-4-12(17)5-3-11)10-16(21)14-8-13(18)6-7-15(14)19/h2-8H,9-10H2,1H3. The van der Waals surface area contributed by atoms with E-state index >= 15 is 0 Å². The van der Waals surface area contributed by atoms with Crippen LogP contribution in [-0.4, -0.2) is 24.3 Å². The molecule has 0 bridgehead atoms. The number of halogens is 3. The molecule has 2 aromatic carbocycles. The molecule has 2 aromatic rings. The van der Waals surface area contributed by atoms with Gasteiger partial charge in [-0.05, 0) is 42.9 Å². The van der Waals surface area contributed by atoms with Crippen molar-refractivity contribution >= 4 is 44.9 Å². The molecule has 0 spiro atoms. The van der Waals surface area contributed by atoms with Gasteiger partial charge in [0.1, 0.15) is 0 Å². The van der Waals surface area contributed by atoms with E-state index in [1.54, 1.807) is 18.2 Å². The summed E-state index contributed by atoms with van der Waals surface area (Å²) in [6, 6.07) is 12.9. The zero-order valence-electron chi connectivity index (χ0n) is 11.4. The van der Waals surface area contributed by atoms with Gasteiger partial charge in [0, 0.05) is 21.6 Å². The number of nitrogens with zero attached hydrogens (tertiary/aromatic N) is 1. The number of Topliss-reactive ketones (excluding diaryl/α,β-unsaturated/α-hetero) is 1. The first-order chi connectivity index (χ1) is 9.95. The van der Waals surface area contributed by atoms with Gasteiger partial charge in [-0.15, -0.1) is 0 Å². The molecule has 0 heterocycles. The Labute approximate surface area is 142 Å². The van der Waals surface area contributed by atoms with Crippen LogP contribution in [0, 0.1) is 0 Å². The maximum atomic E-state index is 12.3. The quantitative estimate of drug-likeness (QED) is 0.668. The SMILES string of the molecule is CN(CC(=O)c1cc(Cl)ccc1Cl)Cc1ccc(Br)cc1. The fourth-order valence-electron chi connectivity index (χ4n) is 2.00. The molecule has 0 aliphatic rings. The summed E-state index contributed by atoms with van der Waals surface area (Å²) in [6.45, 7) is 0.979. The van der Waals surface area contributed by atoms with Crippen molar-refractivity contribution in [2.24, 2.45) is 0 Å². The first-order valence-corrected chi connectivity index (χ1v) is 7.92. The lowest BCUT2D eigenvalue weighted by Gasteiger charge is -2.16. The Morgan fingerprint density at radius 2 is 1.81 bits per heavy atom. The molecule has 0 amide bonds. The van der Waals surface area contributed by atoms with Crippen LogP contribution in [0.1, 0.15) is 15.9 Å². The monoisotopic (exact) mass is 385 g/mol. The van der Waals surface area contributed by atoms with Crippen molar-refractivity contribution in [1.82, 2.24) is 4.90 Å². The summed E-state index contributed by atoms with van der Waals surface area (Å²) < 4.78 is 1.04. The Kier molecular flexibility index (Phi) is 5.82. The molecule has 0 unspecified atom stereocenters. The van der Waals surface area contributed by atoms with E-state index in [1.807, 2.05) is 36.2 Å². The van der Waals surface area contributed by atoms with Gasteiger partial charge in [-0.2, -0.15) is 0 Å². The predicted octanol–water partition coefficient (Wildman–Crippen LogP) is 5.07. The molecule has 0 fully saturated rings. The van der Waals surface area contributed by atoms with Gasteiger partial charge in [-0.3, -0.25) is 9.69 Å². The molecule has 2 rings (SSSR count). The number of rotatable bonds is 5. The summed E-state index contributed by atoms with van der Waals surface area (Å²) >= 11 is 15.4. The smallest absolute Gasteiger partial charge is 0.178 e.